The molecule has 0 amide bonds. The maximum absolute atomic E-state index is 9.54. The van der Waals surface area contributed by atoms with Gasteiger partial charge in [0.2, 0.25) is 0 Å². The van der Waals surface area contributed by atoms with Crippen molar-refractivity contribution < 1.29 is 15.3 Å². The van der Waals surface area contributed by atoms with E-state index in [9.17, 15) is 10.2 Å². The quantitative estimate of drug-likeness (QED) is 0.668. The highest BCUT2D eigenvalue weighted by molar-refractivity contribution is 5.41. The summed E-state index contributed by atoms with van der Waals surface area (Å²) in [6, 6.07) is 7.83. The van der Waals surface area contributed by atoms with Gasteiger partial charge in [-0.25, -0.2) is 0 Å². The van der Waals surface area contributed by atoms with E-state index in [-0.39, 0.29) is 6.61 Å². The molecule has 2 unspecified atom stereocenters. The summed E-state index contributed by atoms with van der Waals surface area (Å²) in [6.07, 6.45) is -0.851. The van der Waals surface area contributed by atoms with Gasteiger partial charge in [0.05, 0.1) is 18.8 Å². The van der Waals surface area contributed by atoms with Crippen LogP contribution in [0.25, 0.3) is 0 Å². The van der Waals surface area contributed by atoms with Crippen molar-refractivity contribution in [1.82, 2.24) is 4.90 Å². The van der Waals surface area contributed by atoms with Crippen LogP contribution >= 0.6 is 0 Å². The number of likely N-dealkylation sites (tertiary alicyclic amines) is 1. The number of nitrogens with zero attached hydrogens (tertiary/aromatic N) is 1. The Bertz CT molecular complexity index is 468. The van der Waals surface area contributed by atoms with E-state index in [2.05, 4.69) is 11.8 Å². The van der Waals surface area contributed by atoms with Crippen LogP contribution in [0.5, 0.6) is 0 Å². The molecular weight excluding hydrogens is 242 g/mol. The Kier molecular flexibility index (Phi) is 4.94. The summed E-state index contributed by atoms with van der Waals surface area (Å²) in [6.45, 7) is 1.71. The molecule has 1 fully saturated rings. The molecule has 0 aliphatic carbocycles. The molecule has 19 heavy (non-hydrogen) atoms. The van der Waals surface area contributed by atoms with Gasteiger partial charge in [-0.3, -0.25) is 4.90 Å². The van der Waals surface area contributed by atoms with Gasteiger partial charge >= 0.3 is 0 Å². The van der Waals surface area contributed by atoms with Crippen LogP contribution in [0.1, 0.15) is 17.5 Å². The van der Waals surface area contributed by atoms with Gasteiger partial charge in [-0.2, -0.15) is 0 Å². The Hall–Kier alpha value is -1.38. The summed E-state index contributed by atoms with van der Waals surface area (Å²) in [5.41, 5.74) is 2.01. The van der Waals surface area contributed by atoms with E-state index in [0.717, 1.165) is 11.1 Å². The first kappa shape index (κ1) is 14.0. The van der Waals surface area contributed by atoms with Gasteiger partial charge in [0.1, 0.15) is 0 Å². The highest BCUT2D eigenvalue weighted by Crippen LogP contribution is 2.16. The van der Waals surface area contributed by atoms with Gasteiger partial charge in [-0.1, -0.05) is 30.0 Å². The molecule has 0 radical (unpaired) electrons. The lowest BCUT2D eigenvalue weighted by atomic mass is 10.1. The van der Waals surface area contributed by atoms with E-state index in [0.29, 0.717) is 26.1 Å². The molecule has 4 nitrogen and oxygen atoms in total. The number of hydrogen-bond acceptors (Lipinski definition) is 4. The Labute approximate surface area is 113 Å². The van der Waals surface area contributed by atoms with E-state index < -0.39 is 12.2 Å². The lowest BCUT2D eigenvalue weighted by Crippen LogP contribution is -2.22. The molecule has 0 spiro atoms. The zero-order valence-electron chi connectivity index (χ0n) is 10.8. The lowest BCUT2D eigenvalue weighted by molar-refractivity contribution is 0.0572. The molecule has 1 saturated heterocycles. The van der Waals surface area contributed by atoms with Crippen LogP contribution in [0, 0.1) is 11.8 Å². The lowest BCUT2D eigenvalue weighted by Gasteiger charge is -2.15. The van der Waals surface area contributed by atoms with Crippen LogP contribution in [-0.4, -0.2) is 52.1 Å². The molecule has 2 atom stereocenters. The van der Waals surface area contributed by atoms with Gasteiger partial charge in [0.15, 0.2) is 0 Å². The number of benzene rings is 1. The van der Waals surface area contributed by atoms with Gasteiger partial charge in [0.25, 0.3) is 0 Å². The van der Waals surface area contributed by atoms with Crippen molar-refractivity contribution in [2.75, 3.05) is 19.7 Å². The van der Waals surface area contributed by atoms with Gasteiger partial charge < -0.3 is 15.3 Å². The third-order valence-electron chi connectivity index (χ3n) is 3.21. The molecule has 1 heterocycles. The SMILES string of the molecule is OCCC#Cc1ccccc1CN1CC(O)C(O)C1. The van der Waals surface area contributed by atoms with Crippen molar-refractivity contribution in [2.24, 2.45) is 0 Å². The molecule has 1 aliphatic heterocycles. The average Bonchev–Trinajstić information content (AvgIpc) is 2.71. The minimum Gasteiger partial charge on any atom is -0.395 e. The summed E-state index contributed by atoms with van der Waals surface area (Å²) in [4.78, 5) is 2.02. The van der Waals surface area contributed by atoms with Crippen LogP contribution in [-0.2, 0) is 6.54 Å². The molecule has 1 aromatic carbocycles. The molecule has 3 N–H and O–H groups in total. The summed E-state index contributed by atoms with van der Waals surface area (Å²) in [7, 11) is 0. The highest BCUT2D eigenvalue weighted by Gasteiger charge is 2.29. The molecule has 2 rings (SSSR count). The zero-order chi connectivity index (χ0) is 13.7. The molecular formula is C15H19NO3. The monoisotopic (exact) mass is 261 g/mol. The average molecular weight is 261 g/mol. The smallest absolute Gasteiger partial charge is 0.0938 e. The minimum absolute atomic E-state index is 0.0691. The van der Waals surface area contributed by atoms with Crippen molar-refractivity contribution in [3.8, 4) is 11.8 Å². The first-order chi connectivity index (χ1) is 9.20. The van der Waals surface area contributed by atoms with E-state index in [1.807, 2.05) is 29.2 Å². The Morgan fingerprint density at radius 1 is 1.16 bits per heavy atom. The second kappa shape index (κ2) is 6.69. The summed E-state index contributed by atoms with van der Waals surface area (Å²) < 4.78 is 0. The van der Waals surface area contributed by atoms with Crippen LogP contribution in [0.4, 0.5) is 0 Å². The Balaban J connectivity index is 2.06. The van der Waals surface area contributed by atoms with Crippen molar-refractivity contribution in [2.45, 2.75) is 25.2 Å². The van der Waals surface area contributed by atoms with E-state index >= 15 is 0 Å². The van der Waals surface area contributed by atoms with Crippen molar-refractivity contribution in [3.05, 3.63) is 35.4 Å². The molecule has 0 saturated carbocycles. The predicted molar refractivity (Wildman–Crippen MR) is 72.3 cm³/mol. The van der Waals surface area contributed by atoms with Crippen LogP contribution in [0.15, 0.2) is 24.3 Å². The van der Waals surface area contributed by atoms with Crippen molar-refractivity contribution >= 4 is 0 Å². The molecule has 1 aromatic rings. The maximum atomic E-state index is 9.54. The van der Waals surface area contributed by atoms with Crippen LogP contribution in [0.3, 0.4) is 0 Å². The number of rotatable bonds is 3. The van der Waals surface area contributed by atoms with Crippen LogP contribution < -0.4 is 0 Å². The standard InChI is InChI=1S/C15H19NO3/c17-8-4-3-6-12-5-1-2-7-13(12)9-16-10-14(18)15(19)11-16/h1-2,5,7,14-15,17-19H,4,8-11H2. The second-order valence-electron chi connectivity index (χ2n) is 4.76. The summed E-state index contributed by atoms with van der Waals surface area (Å²) in [5.74, 6) is 5.97. The summed E-state index contributed by atoms with van der Waals surface area (Å²) in [5, 5.41) is 27.8. The number of β-amino-alcohol motifs (C(OH)–C–C–N with tert-alkyl or cyclic N) is 2. The largest absolute Gasteiger partial charge is 0.395 e. The number of hydrogen-bond donors (Lipinski definition) is 3. The highest BCUT2D eigenvalue weighted by atomic mass is 16.3. The van der Waals surface area contributed by atoms with Crippen molar-refractivity contribution in [1.29, 1.82) is 0 Å². The molecule has 102 valence electrons. The van der Waals surface area contributed by atoms with E-state index in [1.54, 1.807) is 0 Å². The molecule has 0 aromatic heterocycles. The fourth-order valence-electron chi connectivity index (χ4n) is 2.21. The minimum atomic E-state index is -0.660. The first-order valence-electron chi connectivity index (χ1n) is 6.47. The fourth-order valence-corrected chi connectivity index (χ4v) is 2.21. The third kappa shape index (κ3) is 3.79. The second-order valence-corrected chi connectivity index (χ2v) is 4.76. The van der Waals surface area contributed by atoms with E-state index in [1.165, 1.54) is 0 Å². The summed E-state index contributed by atoms with van der Waals surface area (Å²) >= 11 is 0. The van der Waals surface area contributed by atoms with Gasteiger partial charge in [-0.05, 0) is 11.6 Å². The Morgan fingerprint density at radius 3 is 2.53 bits per heavy atom. The number of aliphatic hydroxyl groups is 3. The van der Waals surface area contributed by atoms with Crippen molar-refractivity contribution in [3.63, 3.8) is 0 Å². The van der Waals surface area contributed by atoms with Gasteiger partial charge in [-0.15, -0.1) is 0 Å². The zero-order valence-corrected chi connectivity index (χ0v) is 10.8. The van der Waals surface area contributed by atoms with E-state index in [4.69, 9.17) is 5.11 Å². The molecule has 1 aliphatic rings. The first-order valence-corrected chi connectivity index (χ1v) is 6.47. The fraction of sp³-hybridized carbons (Fsp3) is 0.467. The molecule has 0 bridgehead atoms. The van der Waals surface area contributed by atoms with Crippen LogP contribution in [0.2, 0.25) is 0 Å². The third-order valence-corrected chi connectivity index (χ3v) is 3.21. The number of aliphatic hydroxyl groups excluding tert-OH is 3. The van der Waals surface area contributed by atoms with Gasteiger partial charge in [0, 0.05) is 31.6 Å². The topological polar surface area (TPSA) is 63.9 Å². The molecule has 4 heteroatoms. The normalized spacial score (nSPS) is 23.1. The maximum Gasteiger partial charge on any atom is 0.0938 e. The predicted octanol–water partition coefficient (Wildman–Crippen LogP) is -0.0421. The Morgan fingerprint density at radius 2 is 1.84 bits per heavy atom.